The molecule has 0 aromatic carbocycles. The van der Waals surface area contributed by atoms with Gasteiger partial charge in [0.1, 0.15) is 0 Å². The fourth-order valence-electron chi connectivity index (χ4n) is 1.54. The predicted molar refractivity (Wildman–Crippen MR) is 70.4 cm³/mol. The van der Waals surface area contributed by atoms with Crippen LogP contribution >= 0.6 is 0 Å². The molecule has 108 valence electrons. The zero-order chi connectivity index (χ0) is 13.8. The smallest absolute Gasteiger partial charge is 0.307 e. The van der Waals surface area contributed by atoms with Crippen LogP contribution in [0.1, 0.15) is 33.6 Å². The lowest BCUT2D eigenvalue weighted by Crippen LogP contribution is -2.28. The highest BCUT2D eigenvalue weighted by atomic mass is 16.7. The van der Waals surface area contributed by atoms with E-state index in [1.807, 2.05) is 27.8 Å². The Labute approximate surface area is 110 Å². The van der Waals surface area contributed by atoms with Crippen molar-refractivity contribution in [1.29, 1.82) is 0 Å². The molecule has 0 unspecified atom stereocenters. The van der Waals surface area contributed by atoms with E-state index in [2.05, 4.69) is 4.90 Å². The number of nitrogens with zero attached hydrogens (tertiary/aromatic N) is 1. The molecular weight excluding hydrogens is 234 g/mol. The molecule has 5 nitrogen and oxygen atoms in total. The molecule has 0 saturated carbocycles. The van der Waals surface area contributed by atoms with Crippen molar-refractivity contribution in [2.45, 2.75) is 39.9 Å². The highest BCUT2D eigenvalue weighted by Crippen LogP contribution is 2.03. The maximum absolute atomic E-state index is 11.2. The van der Waals surface area contributed by atoms with Gasteiger partial charge in [-0.05, 0) is 27.8 Å². The second-order valence-corrected chi connectivity index (χ2v) is 3.99. The van der Waals surface area contributed by atoms with Crippen LogP contribution in [0.3, 0.4) is 0 Å². The largest absolute Gasteiger partial charge is 0.466 e. The van der Waals surface area contributed by atoms with Crippen molar-refractivity contribution in [3.63, 3.8) is 0 Å². The Balaban J connectivity index is 3.72. The van der Waals surface area contributed by atoms with E-state index in [-0.39, 0.29) is 12.3 Å². The van der Waals surface area contributed by atoms with Gasteiger partial charge in [-0.1, -0.05) is 0 Å². The molecule has 0 aromatic rings. The van der Waals surface area contributed by atoms with Crippen molar-refractivity contribution in [1.82, 2.24) is 4.90 Å². The Morgan fingerprint density at radius 1 is 1.06 bits per heavy atom. The van der Waals surface area contributed by atoms with Crippen molar-refractivity contribution in [2.24, 2.45) is 0 Å². The fourth-order valence-corrected chi connectivity index (χ4v) is 1.54. The van der Waals surface area contributed by atoms with Gasteiger partial charge in [-0.25, -0.2) is 0 Å². The summed E-state index contributed by atoms with van der Waals surface area (Å²) in [6.07, 6.45) is 1.09. The van der Waals surface area contributed by atoms with Crippen LogP contribution in [-0.4, -0.2) is 57.1 Å². The summed E-state index contributed by atoms with van der Waals surface area (Å²) in [6.45, 7) is 9.00. The summed E-state index contributed by atoms with van der Waals surface area (Å²) in [4.78, 5) is 13.3. The maximum atomic E-state index is 11.2. The third-order valence-electron chi connectivity index (χ3n) is 2.45. The Morgan fingerprint density at radius 3 is 2.17 bits per heavy atom. The first kappa shape index (κ1) is 17.4. The minimum Gasteiger partial charge on any atom is -0.466 e. The van der Waals surface area contributed by atoms with Gasteiger partial charge in [-0.2, -0.15) is 0 Å². The molecule has 0 aromatic heterocycles. The van der Waals surface area contributed by atoms with Crippen LogP contribution in [0, 0.1) is 0 Å². The number of hydrogen-bond donors (Lipinski definition) is 0. The minimum absolute atomic E-state index is 0.143. The quantitative estimate of drug-likeness (QED) is 0.418. The van der Waals surface area contributed by atoms with Gasteiger partial charge >= 0.3 is 5.97 Å². The zero-order valence-electron chi connectivity index (χ0n) is 12.1. The van der Waals surface area contributed by atoms with E-state index < -0.39 is 0 Å². The summed E-state index contributed by atoms with van der Waals surface area (Å²) in [5.74, 6) is -0.143. The molecule has 0 N–H and O–H groups in total. The third-order valence-corrected chi connectivity index (χ3v) is 2.45. The van der Waals surface area contributed by atoms with E-state index in [0.29, 0.717) is 32.8 Å². The Bertz CT molecular complexity index is 205. The SMILES string of the molecule is CCOC(=O)CCN(C)CCC(OCC)OCC. The topological polar surface area (TPSA) is 48.0 Å². The van der Waals surface area contributed by atoms with Crippen molar-refractivity contribution >= 4 is 5.97 Å². The Hall–Kier alpha value is -0.650. The monoisotopic (exact) mass is 261 g/mol. The van der Waals surface area contributed by atoms with Gasteiger partial charge in [0, 0.05) is 32.7 Å². The van der Waals surface area contributed by atoms with Crippen LogP contribution in [0.25, 0.3) is 0 Å². The predicted octanol–water partition coefficient (Wildman–Crippen LogP) is 1.66. The molecule has 0 aliphatic rings. The summed E-state index contributed by atoms with van der Waals surface area (Å²) >= 11 is 0. The molecular formula is C13H27NO4. The average Bonchev–Trinajstić information content (AvgIpc) is 2.34. The van der Waals surface area contributed by atoms with Crippen LogP contribution in [0.2, 0.25) is 0 Å². The first-order valence-corrected chi connectivity index (χ1v) is 6.71. The van der Waals surface area contributed by atoms with Crippen LogP contribution in [0.4, 0.5) is 0 Å². The van der Waals surface area contributed by atoms with E-state index in [4.69, 9.17) is 14.2 Å². The summed E-state index contributed by atoms with van der Waals surface area (Å²) < 4.78 is 15.8. The van der Waals surface area contributed by atoms with Gasteiger partial charge in [0.2, 0.25) is 0 Å². The average molecular weight is 261 g/mol. The molecule has 0 aliphatic heterocycles. The first-order valence-electron chi connectivity index (χ1n) is 6.71. The molecule has 5 heteroatoms. The van der Waals surface area contributed by atoms with Crippen molar-refractivity contribution in [3.8, 4) is 0 Å². The first-order chi connectivity index (χ1) is 8.63. The minimum atomic E-state index is -0.148. The van der Waals surface area contributed by atoms with E-state index in [1.54, 1.807) is 0 Å². The molecule has 0 saturated heterocycles. The molecule has 0 amide bonds. The number of esters is 1. The molecule has 0 atom stereocenters. The summed E-state index contributed by atoms with van der Waals surface area (Å²) in [7, 11) is 1.98. The molecule has 0 aliphatic carbocycles. The van der Waals surface area contributed by atoms with E-state index in [9.17, 15) is 4.79 Å². The van der Waals surface area contributed by atoms with Gasteiger partial charge in [-0.3, -0.25) is 4.79 Å². The highest BCUT2D eigenvalue weighted by molar-refractivity contribution is 5.69. The van der Waals surface area contributed by atoms with Crippen molar-refractivity contribution in [3.05, 3.63) is 0 Å². The van der Waals surface area contributed by atoms with Crippen LogP contribution in [0.15, 0.2) is 0 Å². The number of carbonyl (C=O) groups excluding carboxylic acids is 1. The lowest BCUT2D eigenvalue weighted by atomic mass is 10.3. The number of hydrogen-bond acceptors (Lipinski definition) is 5. The van der Waals surface area contributed by atoms with E-state index in [0.717, 1.165) is 13.0 Å². The fraction of sp³-hybridized carbons (Fsp3) is 0.923. The lowest BCUT2D eigenvalue weighted by molar-refractivity contribution is -0.144. The molecule has 0 rings (SSSR count). The Morgan fingerprint density at radius 2 is 1.67 bits per heavy atom. The molecule has 18 heavy (non-hydrogen) atoms. The summed E-state index contributed by atoms with van der Waals surface area (Å²) in [5.41, 5.74) is 0. The van der Waals surface area contributed by atoms with E-state index in [1.165, 1.54) is 0 Å². The second kappa shape index (κ2) is 11.4. The molecule has 0 spiro atoms. The lowest BCUT2D eigenvalue weighted by Gasteiger charge is -2.21. The highest BCUT2D eigenvalue weighted by Gasteiger charge is 2.10. The van der Waals surface area contributed by atoms with Gasteiger partial charge in [0.05, 0.1) is 13.0 Å². The van der Waals surface area contributed by atoms with Gasteiger partial charge in [0.25, 0.3) is 0 Å². The Kier molecular flexibility index (Phi) is 11.0. The molecule has 0 heterocycles. The second-order valence-electron chi connectivity index (χ2n) is 3.99. The van der Waals surface area contributed by atoms with E-state index >= 15 is 0 Å². The maximum Gasteiger partial charge on any atom is 0.307 e. The van der Waals surface area contributed by atoms with Gasteiger partial charge < -0.3 is 19.1 Å². The van der Waals surface area contributed by atoms with Crippen LogP contribution in [0.5, 0.6) is 0 Å². The standard InChI is InChI=1S/C13H27NO4/c1-5-16-12(15)8-10-14(4)11-9-13(17-6-2)18-7-3/h13H,5-11H2,1-4H3. The van der Waals surface area contributed by atoms with Crippen molar-refractivity contribution < 1.29 is 19.0 Å². The number of rotatable bonds is 11. The molecule has 0 radical (unpaired) electrons. The normalized spacial score (nSPS) is 11.2. The zero-order valence-corrected chi connectivity index (χ0v) is 12.1. The van der Waals surface area contributed by atoms with Gasteiger partial charge in [0.15, 0.2) is 6.29 Å². The summed E-state index contributed by atoms with van der Waals surface area (Å²) in [6, 6.07) is 0. The molecule has 0 fully saturated rings. The van der Waals surface area contributed by atoms with Crippen molar-refractivity contribution in [2.75, 3.05) is 40.0 Å². The number of ether oxygens (including phenoxy) is 3. The van der Waals surface area contributed by atoms with Crippen LogP contribution in [-0.2, 0) is 19.0 Å². The van der Waals surface area contributed by atoms with Crippen LogP contribution < -0.4 is 0 Å². The molecule has 0 bridgehead atoms. The summed E-state index contributed by atoms with van der Waals surface area (Å²) in [5, 5.41) is 0. The number of carbonyl (C=O) groups is 1. The third kappa shape index (κ3) is 9.39. The van der Waals surface area contributed by atoms with Gasteiger partial charge in [-0.15, -0.1) is 0 Å².